The van der Waals surface area contributed by atoms with Gasteiger partial charge in [0.2, 0.25) is 0 Å². The number of hydrogen-bond acceptors (Lipinski definition) is 4. The molecule has 122 valence electrons. The number of aliphatic carboxylic acids is 1. The van der Waals surface area contributed by atoms with Crippen LogP contribution in [0, 0.1) is 6.92 Å². The van der Waals surface area contributed by atoms with Crippen LogP contribution in [-0.2, 0) is 4.79 Å². The van der Waals surface area contributed by atoms with Gasteiger partial charge in [-0.15, -0.1) is 0 Å². The topological polar surface area (TPSA) is 83.6 Å². The van der Waals surface area contributed by atoms with Crippen molar-refractivity contribution in [3.8, 4) is 0 Å². The third-order valence-corrected chi connectivity index (χ3v) is 4.30. The van der Waals surface area contributed by atoms with E-state index in [4.69, 9.17) is 9.52 Å². The Bertz CT molecular complexity index is 737. The molecule has 0 bridgehead atoms. The highest BCUT2D eigenvalue weighted by Gasteiger charge is 2.29. The summed E-state index contributed by atoms with van der Waals surface area (Å²) < 4.78 is 5.64. The minimum atomic E-state index is -0.827. The third kappa shape index (κ3) is 3.36. The molecule has 2 aromatic heterocycles. The summed E-state index contributed by atoms with van der Waals surface area (Å²) in [5.74, 6) is -0.720. The molecule has 6 heteroatoms. The van der Waals surface area contributed by atoms with Crippen LogP contribution in [0.3, 0.4) is 0 Å². The van der Waals surface area contributed by atoms with Crippen molar-refractivity contribution >= 4 is 23.0 Å². The lowest BCUT2D eigenvalue weighted by Crippen LogP contribution is -2.43. The first kappa shape index (κ1) is 15.5. The number of amides is 1. The van der Waals surface area contributed by atoms with Crippen molar-refractivity contribution in [2.75, 3.05) is 6.54 Å². The predicted molar refractivity (Wildman–Crippen MR) is 84.3 cm³/mol. The number of carboxylic acids is 1. The van der Waals surface area contributed by atoms with Crippen LogP contribution >= 0.6 is 0 Å². The van der Waals surface area contributed by atoms with Gasteiger partial charge in [0.05, 0.1) is 0 Å². The van der Waals surface area contributed by atoms with E-state index in [-0.39, 0.29) is 24.1 Å². The SMILES string of the molecule is Cc1ccc2oc(C(=O)N3CCCCC3CCC(=O)O)cc2n1. The highest BCUT2D eigenvalue weighted by molar-refractivity contribution is 5.95. The number of carboxylic acid groups (broad SMARTS) is 1. The largest absolute Gasteiger partial charge is 0.481 e. The van der Waals surface area contributed by atoms with Gasteiger partial charge in [0, 0.05) is 30.8 Å². The maximum absolute atomic E-state index is 12.8. The van der Waals surface area contributed by atoms with Gasteiger partial charge in [0.1, 0.15) is 5.52 Å². The fraction of sp³-hybridized carbons (Fsp3) is 0.471. The van der Waals surface area contributed by atoms with Crippen molar-refractivity contribution in [1.82, 2.24) is 9.88 Å². The van der Waals surface area contributed by atoms with E-state index in [1.54, 1.807) is 11.0 Å². The molecule has 0 aliphatic carbocycles. The van der Waals surface area contributed by atoms with Crippen LogP contribution in [0.2, 0.25) is 0 Å². The molecule has 1 fully saturated rings. The Balaban J connectivity index is 1.81. The standard InChI is InChI=1S/C17H20N2O4/c1-11-5-7-14-13(18-11)10-15(23-14)17(22)19-9-3-2-4-12(19)6-8-16(20)21/h5,7,10,12H,2-4,6,8-9H2,1H3,(H,20,21). The number of pyridine rings is 1. The van der Waals surface area contributed by atoms with Gasteiger partial charge in [-0.3, -0.25) is 9.59 Å². The van der Waals surface area contributed by atoms with Crippen LogP contribution in [0.4, 0.5) is 0 Å². The molecule has 1 unspecified atom stereocenters. The van der Waals surface area contributed by atoms with E-state index in [1.807, 2.05) is 19.1 Å². The van der Waals surface area contributed by atoms with Gasteiger partial charge in [-0.25, -0.2) is 4.98 Å². The molecule has 1 aliphatic rings. The van der Waals surface area contributed by atoms with E-state index >= 15 is 0 Å². The summed E-state index contributed by atoms with van der Waals surface area (Å²) in [5, 5.41) is 8.88. The second-order valence-corrected chi connectivity index (χ2v) is 6.03. The number of nitrogens with zero attached hydrogens (tertiary/aromatic N) is 2. The molecule has 1 atom stereocenters. The monoisotopic (exact) mass is 316 g/mol. The Kier molecular flexibility index (Phi) is 4.32. The van der Waals surface area contributed by atoms with Crippen molar-refractivity contribution < 1.29 is 19.1 Å². The molecule has 3 heterocycles. The van der Waals surface area contributed by atoms with Gasteiger partial charge < -0.3 is 14.4 Å². The van der Waals surface area contributed by atoms with Crippen molar-refractivity contribution in [3.63, 3.8) is 0 Å². The number of furan rings is 1. The molecule has 1 amide bonds. The van der Waals surface area contributed by atoms with Gasteiger partial charge in [-0.1, -0.05) is 0 Å². The Labute approximate surface area is 134 Å². The summed E-state index contributed by atoms with van der Waals surface area (Å²) in [4.78, 5) is 29.7. The number of likely N-dealkylation sites (tertiary alicyclic amines) is 1. The van der Waals surface area contributed by atoms with Crippen molar-refractivity contribution in [2.24, 2.45) is 0 Å². The number of piperidine rings is 1. The average Bonchev–Trinajstić information content (AvgIpc) is 2.95. The zero-order valence-electron chi connectivity index (χ0n) is 13.1. The van der Waals surface area contributed by atoms with Crippen LogP contribution in [-0.4, -0.2) is 39.5 Å². The van der Waals surface area contributed by atoms with Gasteiger partial charge in [-0.2, -0.15) is 0 Å². The number of aromatic nitrogens is 1. The number of fused-ring (bicyclic) bond motifs is 1. The Morgan fingerprint density at radius 1 is 1.39 bits per heavy atom. The van der Waals surface area contributed by atoms with Gasteiger partial charge in [0.15, 0.2) is 11.3 Å². The molecule has 1 saturated heterocycles. The molecular weight excluding hydrogens is 296 g/mol. The van der Waals surface area contributed by atoms with Crippen LogP contribution in [0.1, 0.15) is 48.4 Å². The van der Waals surface area contributed by atoms with Gasteiger partial charge in [-0.05, 0) is 44.7 Å². The molecule has 1 N–H and O–H groups in total. The van der Waals surface area contributed by atoms with E-state index in [9.17, 15) is 9.59 Å². The number of hydrogen-bond donors (Lipinski definition) is 1. The summed E-state index contributed by atoms with van der Waals surface area (Å²) in [6, 6.07) is 5.30. The lowest BCUT2D eigenvalue weighted by atomic mass is 9.97. The third-order valence-electron chi connectivity index (χ3n) is 4.30. The summed E-state index contributed by atoms with van der Waals surface area (Å²) in [5.41, 5.74) is 2.14. The van der Waals surface area contributed by atoms with E-state index in [2.05, 4.69) is 4.98 Å². The molecule has 23 heavy (non-hydrogen) atoms. The lowest BCUT2D eigenvalue weighted by Gasteiger charge is -2.35. The van der Waals surface area contributed by atoms with Crippen molar-refractivity contribution in [3.05, 3.63) is 29.7 Å². The second-order valence-electron chi connectivity index (χ2n) is 6.03. The number of carbonyl (C=O) groups is 2. The molecule has 0 saturated carbocycles. The Hall–Kier alpha value is -2.37. The highest BCUT2D eigenvalue weighted by atomic mass is 16.4. The van der Waals surface area contributed by atoms with E-state index in [0.29, 0.717) is 24.1 Å². The molecule has 0 aromatic carbocycles. The average molecular weight is 316 g/mol. The molecule has 0 radical (unpaired) electrons. The normalized spacial score (nSPS) is 18.3. The summed E-state index contributed by atoms with van der Waals surface area (Å²) >= 11 is 0. The fourth-order valence-electron chi connectivity index (χ4n) is 3.13. The molecular formula is C17H20N2O4. The molecule has 3 rings (SSSR count). The van der Waals surface area contributed by atoms with Crippen molar-refractivity contribution in [1.29, 1.82) is 0 Å². The smallest absolute Gasteiger partial charge is 0.303 e. The molecule has 6 nitrogen and oxygen atoms in total. The maximum Gasteiger partial charge on any atom is 0.303 e. The first-order chi connectivity index (χ1) is 11.0. The molecule has 2 aromatic rings. The van der Waals surface area contributed by atoms with E-state index < -0.39 is 5.97 Å². The molecule has 1 aliphatic heterocycles. The first-order valence-electron chi connectivity index (χ1n) is 7.94. The van der Waals surface area contributed by atoms with Crippen LogP contribution in [0.5, 0.6) is 0 Å². The summed E-state index contributed by atoms with van der Waals surface area (Å²) in [7, 11) is 0. The Morgan fingerprint density at radius 2 is 2.22 bits per heavy atom. The summed E-state index contributed by atoms with van der Waals surface area (Å²) in [6.07, 6.45) is 3.37. The number of aryl methyl sites for hydroxylation is 1. The first-order valence-corrected chi connectivity index (χ1v) is 7.94. The van der Waals surface area contributed by atoms with Gasteiger partial charge in [0.25, 0.3) is 5.91 Å². The van der Waals surface area contributed by atoms with Crippen molar-refractivity contribution in [2.45, 2.75) is 45.1 Å². The highest BCUT2D eigenvalue weighted by Crippen LogP contribution is 2.25. The quantitative estimate of drug-likeness (QED) is 0.937. The minimum absolute atomic E-state index is 0.0322. The van der Waals surface area contributed by atoms with E-state index in [1.165, 1.54) is 0 Å². The zero-order valence-corrected chi connectivity index (χ0v) is 13.1. The van der Waals surface area contributed by atoms with Crippen LogP contribution in [0.15, 0.2) is 22.6 Å². The maximum atomic E-state index is 12.8. The van der Waals surface area contributed by atoms with Crippen LogP contribution in [0.25, 0.3) is 11.1 Å². The van der Waals surface area contributed by atoms with Gasteiger partial charge >= 0.3 is 5.97 Å². The number of rotatable bonds is 4. The zero-order chi connectivity index (χ0) is 16.4. The van der Waals surface area contributed by atoms with Crippen LogP contribution < -0.4 is 0 Å². The predicted octanol–water partition coefficient (Wildman–Crippen LogP) is 3.00. The molecule has 0 spiro atoms. The lowest BCUT2D eigenvalue weighted by molar-refractivity contribution is -0.137. The Morgan fingerprint density at radius 3 is 3.00 bits per heavy atom. The summed E-state index contributed by atoms with van der Waals surface area (Å²) in [6.45, 7) is 2.53. The minimum Gasteiger partial charge on any atom is -0.481 e. The second kappa shape index (κ2) is 6.40. The fourth-order valence-corrected chi connectivity index (χ4v) is 3.13. The number of carbonyl (C=O) groups excluding carboxylic acids is 1. The van der Waals surface area contributed by atoms with E-state index in [0.717, 1.165) is 25.0 Å².